The van der Waals surface area contributed by atoms with Crippen LogP contribution < -0.4 is 14.4 Å². The third-order valence-corrected chi connectivity index (χ3v) is 6.39. The summed E-state index contributed by atoms with van der Waals surface area (Å²) in [4.78, 5) is 28.2. The number of aliphatic hydroxyl groups is 1. The van der Waals surface area contributed by atoms with Gasteiger partial charge in [0.2, 0.25) is 0 Å². The van der Waals surface area contributed by atoms with Crippen molar-refractivity contribution in [2.24, 2.45) is 0 Å². The summed E-state index contributed by atoms with van der Waals surface area (Å²) in [6, 6.07) is 13.7. The molecule has 186 valence electrons. The topological polar surface area (TPSA) is 96.3 Å². The Kier molecular flexibility index (Phi) is 6.95. The van der Waals surface area contributed by atoms with Crippen molar-refractivity contribution in [3.05, 3.63) is 87.4 Å². The number of aliphatic hydroxyl groups excluding tert-OH is 1. The molecule has 36 heavy (non-hydrogen) atoms. The fourth-order valence-electron chi connectivity index (χ4n) is 4.43. The van der Waals surface area contributed by atoms with E-state index in [9.17, 15) is 19.8 Å². The number of methoxy groups -OCH3 is 1. The van der Waals surface area contributed by atoms with Gasteiger partial charge < -0.3 is 19.7 Å². The molecule has 3 aromatic rings. The van der Waals surface area contributed by atoms with Crippen molar-refractivity contribution in [3.63, 3.8) is 0 Å². The van der Waals surface area contributed by atoms with Gasteiger partial charge in [0.25, 0.3) is 11.7 Å². The molecule has 1 saturated heterocycles. The van der Waals surface area contributed by atoms with Crippen molar-refractivity contribution in [1.29, 1.82) is 0 Å². The largest absolute Gasteiger partial charge is 0.507 e. The zero-order valence-electron chi connectivity index (χ0n) is 20.3. The lowest BCUT2D eigenvalue weighted by Crippen LogP contribution is -2.30. The molecule has 0 spiro atoms. The van der Waals surface area contributed by atoms with Gasteiger partial charge >= 0.3 is 0 Å². The van der Waals surface area contributed by atoms with E-state index in [2.05, 4.69) is 0 Å². The highest BCUT2D eigenvalue weighted by molar-refractivity contribution is 6.52. The Morgan fingerprint density at radius 3 is 2.42 bits per heavy atom. The number of carbonyl (C=O) groups excluding carboxylic acids is 2. The summed E-state index contributed by atoms with van der Waals surface area (Å²) in [7, 11) is 1.54. The number of carbonyl (C=O) groups is 2. The van der Waals surface area contributed by atoms with Crippen LogP contribution in [0.4, 0.5) is 5.69 Å². The summed E-state index contributed by atoms with van der Waals surface area (Å²) in [5, 5.41) is 22.2. The summed E-state index contributed by atoms with van der Waals surface area (Å²) in [6.45, 7) is 5.65. The van der Waals surface area contributed by atoms with E-state index in [1.807, 2.05) is 0 Å². The van der Waals surface area contributed by atoms with E-state index < -0.39 is 17.7 Å². The Bertz CT molecular complexity index is 1400. The summed E-state index contributed by atoms with van der Waals surface area (Å²) in [5.74, 6) is -1.20. The van der Waals surface area contributed by atoms with Crippen molar-refractivity contribution < 1.29 is 29.3 Å². The molecule has 1 atom stereocenters. The number of halogens is 1. The zero-order valence-corrected chi connectivity index (χ0v) is 21.1. The standard InChI is InChI=1S/C28H26ClNO6/c1-5-36-23-14-17(6-11-22(23)31)25-24(26(32)20-9-8-19(35-4)13-15(20)2)27(33)28(34)30(25)21-10-7-18(29)12-16(21)3/h6-14,25,31-32H,5H2,1-4H3/b26-24+. The van der Waals surface area contributed by atoms with Crippen molar-refractivity contribution in [1.82, 2.24) is 0 Å². The molecule has 4 rings (SSSR count). The first kappa shape index (κ1) is 25.1. The molecule has 8 heteroatoms. The van der Waals surface area contributed by atoms with E-state index in [1.54, 1.807) is 69.3 Å². The number of hydrogen-bond acceptors (Lipinski definition) is 6. The number of benzene rings is 3. The van der Waals surface area contributed by atoms with Crippen LogP contribution in [-0.2, 0) is 9.59 Å². The lowest BCUT2D eigenvalue weighted by molar-refractivity contribution is -0.132. The molecule has 1 fully saturated rings. The summed E-state index contributed by atoms with van der Waals surface area (Å²) >= 11 is 6.14. The number of anilines is 1. The number of amides is 1. The minimum Gasteiger partial charge on any atom is -0.507 e. The Labute approximate surface area is 214 Å². The Morgan fingerprint density at radius 2 is 1.78 bits per heavy atom. The van der Waals surface area contributed by atoms with Gasteiger partial charge in [-0.15, -0.1) is 0 Å². The number of ether oxygens (including phenoxy) is 2. The molecule has 0 bridgehead atoms. The van der Waals surface area contributed by atoms with Crippen LogP contribution >= 0.6 is 11.6 Å². The van der Waals surface area contributed by atoms with Gasteiger partial charge in [-0.05, 0) is 86.0 Å². The molecule has 0 radical (unpaired) electrons. The molecular formula is C28H26ClNO6. The molecule has 1 aliphatic rings. The maximum Gasteiger partial charge on any atom is 0.300 e. The fraction of sp³-hybridized carbons (Fsp3) is 0.214. The minimum atomic E-state index is -0.980. The molecule has 2 N–H and O–H groups in total. The number of Topliss-reactive ketones (excluding diaryl/α,β-unsaturated/α-hetero) is 1. The highest BCUT2D eigenvalue weighted by Crippen LogP contribution is 2.45. The third-order valence-electron chi connectivity index (χ3n) is 6.15. The van der Waals surface area contributed by atoms with Crippen molar-refractivity contribution >= 4 is 34.7 Å². The van der Waals surface area contributed by atoms with E-state index in [1.165, 1.54) is 18.1 Å². The highest BCUT2D eigenvalue weighted by Gasteiger charge is 2.47. The van der Waals surface area contributed by atoms with E-state index in [-0.39, 0.29) is 22.8 Å². The lowest BCUT2D eigenvalue weighted by Gasteiger charge is -2.27. The Balaban J connectivity index is 1.99. The van der Waals surface area contributed by atoms with Crippen molar-refractivity contribution in [2.45, 2.75) is 26.8 Å². The molecule has 3 aromatic carbocycles. The van der Waals surface area contributed by atoms with Gasteiger partial charge in [-0.25, -0.2) is 0 Å². The normalized spacial score (nSPS) is 16.9. The predicted molar refractivity (Wildman–Crippen MR) is 138 cm³/mol. The summed E-state index contributed by atoms with van der Waals surface area (Å²) in [6.07, 6.45) is 0. The van der Waals surface area contributed by atoms with Crippen LogP contribution in [0.3, 0.4) is 0 Å². The Morgan fingerprint density at radius 1 is 1.03 bits per heavy atom. The number of phenolic OH excluding ortho intramolecular Hbond substituents is 1. The smallest absolute Gasteiger partial charge is 0.300 e. The van der Waals surface area contributed by atoms with Gasteiger partial charge in [-0.2, -0.15) is 0 Å². The van der Waals surface area contributed by atoms with E-state index in [4.69, 9.17) is 21.1 Å². The lowest BCUT2D eigenvalue weighted by atomic mass is 9.93. The van der Waals surface area contributed by atoms with Crippen molar-refractivity contribution in [2.75, 3.05) is 18.6 Å². The second-order valence-corrected chi connectivity index (χ2v) is 8.88. The average Bonchev–Trinajstić information content (AvgIpc) is 3.10. The molecule has 1 heterocycles. The first-order valence-electron chi connectivity index (χ1n) is 11.4. The highest BCUT2D eigenvalue weighted by atomic mass is 35.5. The molecule has 0 aliphatic carbocycles. The first-order valence-corrected chi connectivity index (χ1v) is 11.7. The number of aromatic hydroxyl groups is 1. The number of ketones is 1. The number of hydrogen-bond donors (Lipinski definition) is 2. The van der Waals surface area contributed by atoms with Gasteiger partial charge in [-0.1, -0.05) is 17.7 Å². The van der Waals surface area contributed by atoms with Crippen molar-refractivity contribution in [3.8, 4) is 17.2 Å². The molecule has 0 saturated carbocycles. The van der Waals surface area contributed by atoms with Gasteiger partial charge in [0, 0.05) is 16.3 Å². The van der Waals surface area contributed by atoms with E-state index in [0.717, 1.165) is 0 Å². The van der Waals surface area contributed by atoms with Crippen LogP contribution in [0, 0.1) is 13.8 Å². The van der Waals surface area contributed by atoms with Gasteiger partial charge in [0.15, 0.2) is 11.5 Å². The number of phenols is 1. The number of rotatable bonds is 6. The van der Waals surface area contributed by atoms with Gasteiger partial charge in [0.1, 0.15) is 11.5 Å². The first-order chi connectivity index (χ1) is 17.2. The minimum absolute atomic E-state index is 0.0734. The van der Waals surface area contributed by atoms with Crippen LogP contribution in [0.2, 0.25) is 5.02 Å². The second kappa shape index (κ2) is 9.95. The maximum atomic E-state index is 13.4. The van der Waals surface area contributed by atoms with Crippen LogP contribution in [-0.4, -0.2) is 35.6 Å². The maximum absolute atomic E-state index is 13.4. The summed E-state index contributed by atoms with van der Waals surface area (Å²) in [5.41, 5.74) is 2.63. The van der Waals surface area contributed by atoms with Gasteiger partial charge in [0.05, 0.1) is 25.3 Å². The third kappa shape index (κ3) is 4.38. The van der Waals surface area contributed by atoms with E-state index in [0.29, 0.717) is 45.3 Å². The van der Waals surface area contributed by atoms with E-state index >= 15 is 0 Å². The second-order valence-electron chi connectivity index (χ2n) is 8.44. The van der Waals surface area contributed by atoms with Crippen LogP contribution in [0.5, 0.6) is 17.2 Å². The molecule has 1 unspecified atom stereocenters. The molecule has 0 aromatic heterocycles. The molecule has 1 amide bonds. The van der Waals surface area contributed by atoms with Crippen LogP contribution in [0.15, 0.2) is 60.2 Å². The predicted octanol–water partition coefficient (Wildman–Crippen LogP) is 5.70. The Hall–Kier alpha value is -3.97. The van der Waals surface area contributed by atoms with Gasteiger partial charge in [-0.3, -0.25) is 14.5 Å². The number of aryl methyl sites for hydroxylation is 2. The SMILES string of the molecule is CCOc1cc(C2/C(=C(\O)c3ccc(OC)cc3C)C(=O)C(=O)N2c2ccc(Cl)cc2C)ccc1O. The molecule has 7 nitrogen and oxygen atoms in total. The quantitative estimate of drug-likeness (QED) is 0.252. The van der Waals surface area contributed by atoms with Crippen LogP contribution in [0.1, 0.15) is 35.2 Å². The zero-order chi connectivity index (χ0) is 26.1. The summed E-state index contributed by atoms with van der Waals surface area (Å²) < 4.78 is 10.8. The molecule has 1 aliphatic heterocycles. The fourth-order valence-corrected chi connectivity index (χ4v) is 4.66. The number of nitrogens with zero attached hydrogens (tertiary/aromatic N) is 1. The monoisotopic (exact) mass is 507 g/mol. The van der Waals surface area contributed by atoms with Crippen LogP contribution in [0.25, 0.3) is 5.76 Å². The molecular weight excluding hydrogens is 482 g/mol. The average molecular weight is 508 g/mol.